The first-order valence-electron chi connectivity index (χ1n) is 7.00. The molecule has 0 aliphatic heterocycles. The molecule has 0 atom stereocenters. The Hall–Kier alpha value is -2.54. The third kappa shape index (κ3) is 2.97. The average Bonchev–Trinajstić information content (AvgIpc) is 2.58. The molecule has 0 fully saturated rings. The molecule has 1 nitrogen and oxygen atoms in total. The zero-order valence-electron chi connectivity index (χ0n) is 11.8. The van der Waals surface area contributed by atoms with E-state index in [4.69, 9.17) is 4.74 Å². The predicted molar refractivity (Wildman–Crippen MR) is 86.3 cm³/mol. The Morgan fingerprint density at radius 1 is 0.571 bits per heavy atom. The maximum Gasteiger partial charge on any atom is 0.122 e. The summed E-state index contributed by atoms with van der Waals surface area (Å²) < 4.78 is 5.01. The minimum atomic E-state index is 0.228. The molecule has 0 unspecified atom stereocenters. The van der Waals surface area contributed by atoms with Crippen molar-refractivity contribution in [1.29, 1.82) is 0 Å². The summed E-state index contributed by atoms with van der Waals surface area (Å²) in [5.74, 6) is 1.00. The maximum atomic E-state index is 5.01. The minimum absolute atomic E-state index is 0.228. The summed E-state index contributed by atoms with van der Waals surface area (Å²) in [6.45, 7) is 0. The van der Waals surface area contributed by atoms with Gasteiger partial charge in [0.1, 0.15) is 12.9 Å². The Balaban J connectivity index is 2.07. The van der Waals surface area contributed by atoms with E-state index in [9.17, 15) is 0 Å². The van der Waals surface area contributed by atoms with Gasteiger partial charge in [-0.15, -0.1) is 0 Å². The van der Waals surface area contributed by atoms with Crippen molar-refractivity contribution >= 4 is 0 Å². The van der Waals surface area contributed by atoms with Gasteiger partial charge < -0.3 is 4.74 Å². The van der Waals surface area contributed by atoms with E-state index >= 15 is 0 Å². The number of hydrogen-bond donors (Lipinski definition) is 0. The lowest BCUT2D eigenvalue weighted by Crippen LogP contribution is -2.03. The van der Waals surface area contributed by atoms with Gasteiger partial charge >= 0.3 is 0 Å². The van der Waals surface area contributed by atoms with Crippen LogP contribution >= 0.6 is 0 Å². The molecule has 0 saturated heterocycles. The lowest BCUT2D eigenvalue weighted by molar-refractivity contribution is 0.473. The predicted octanol–water partition coefficient (Wildman–Crippen LogP) is 5.04. The third-order valence-electron chi connectivity index (χ3n) is 3.65. The van der Waals surface area contributed by atoms with Crippen LogP contribution in [0.4, 0.5) is 0 Å². The zero-order chi connectivity index (χ0) is 14.5. The van der Waals surface area contributed by atoms with Crippen LogP contribution in [0.2, 0.25) is 0 Å². The number of ether oxygens (including phenoxy) is 1. The molecule has 21 heavy (non-hydrogen) atoms. The normalized spacial score (nSPS) is 10.6. The van der Waals surface area contributed by atoms with Crippen molar-refractivity contribution in [1.82, 2.24) is 0 Å². The zero-order valence-corrected chi connectivity index (χ0v) is 11.8. The van der Waals surface area contributed by atoms with Gasteiger partial charge in [-0.25, -0.2) is 0 Å². The Kier molecular flexibility index (Phi) is 4.02. The van der Waals surface area contributed by atoms with Gasteiger partial charge in [-0.05, 0) is 28.8 Å². The Morgan fingerprint density at radius 2 is 1.00 bits per heavy atom. The summed E-state index contributed by atoms with van der Waals surface area (Å²) in [4.78, 5) is 0. The second-order valence-corrected chi connectivity index (χ2v) is 4.97. The van der Waals surface area contributed by atoms with E-state index in [1.165, 1.54) is 16.7 Å². The van der Waals surface area contributed by atoms with Crippen LogP contribution < -0.4 is 4.74 Å². The smallest absolute Gasteiger partial charge is 0.122 e. The molecule has 1 heteroatoms. The quantitative estimate of drug-likeness (QED) is 0.605. The van der Waals surface area contributed by atoms with E-state index in [0.717, 1.165) is 5.75 Å². The minimum Gasteiger partial charge on any atom is -0.490 e. The Bertz CT molecular complexity index is 633. The number of rotatable bonds is 4. The van der Waals surface area contributed by atoms with Crippen LogP contribution in [-0.2, 0) is 0 Å². The van der Waals surface area contributed by atoms with Gasteiger partial charge in [0.05, 0.1) is 0 Å². The largest absolute Gasteiger partial charge is 0.490 e. The first-order chi connectivity index (χ1) is 10.4. The molecule has 3 aromatic carbocycles. The van der Waals surface area contributed by atoms with Crippen molar-refractivity contribution in [2.75, 3.05) is 0 Å². The summed E-state index contributed by atoms with van der Waals surface area (Å²) in [7, 11) is 3.45. The van der Waals surface area contributed by atoms with E-state index < -0.39 is 0 Å². The fraction of sp³-hybridized carbons (Fsp3) is 0.0500. The first-order valence-corrected chi connectivity index (χ1v) is 7.00. The highest BCUT2D eigenvalue weighted by atomic mass is 16.5. The average molecular weight is 273 g/mol. The molecule has 0 bridgehead atoms. The highest BCUT2D eigenvalue weighted by Gasteiger charge is 2.16. The first kappa shape index (κ1) is 13.4. The molecule has 0 aliphatic rings. The van der Waals surface area contributed by atoms with Crippen LogP contribution in [0.1, 0.15) is 22.6 Å². The molecule has 3 aromatic rings. The summed E-state index contributed by atoms with van der Waals surface area (Å²) in [6.07, 6.45) is 0. The Morgan fingerprint density at radius 3 is 1.43 bits per heavy atom. The van der Waals surface area contributed by atoms with Crippen molar-refractivity contribution < 1.29 is 4.74 Å². The standard InChI is InChI=1S/C20H17O/c1-21-19-14-12-18(13-15-19)20(16-8-4-2-5-9-16)17-10-6-3-7-11-17/h2-15,20H,1H2. The van der Waals surface area contributed by atoms with Gasteiger partial charge in [0.2, 0.25) is 0 Å². The monoisotopic (exact) mass is 273 g/mol. The highest BCUT2D eigenvalue weighted by Crippen LogP contribution is 2.32. The van der Waals surface area contributed by atoms with Crippen molar-refractivity contribution in [2.24, 2.45) is 0 Å². The van der Waals surface area contributed by atoms with E-state index in [1.807, 2.05) is 24.3 Å². The highest BCUT2D eigenvalue weighted by molar-refractivity contribution is 5.44. The lowest BCUT2D eigenvalue weighted by atomic mass is 9.85. The van der Waals surface area contributed by atoms with Crippen LogP contribution in [-0.4, -0.2) is 0 Å². The van der Waals surface area contributed by atoms with Gasteiger partial charge in [-0.2, -0.15) is 0 Å². The summed E-state index contributed by atoms with van der Waals surface area (Å²) in [6, 6.07) is 29.2. The molecular formula is C20H17O. The maximum absolute atomic E-state index is 5.01. The van der Waals surface area contributed by atoms with E-state index in [-0.39, 0.29) is 5.92 Å². The van der Waals surface area contributed by atoms with E-state index in [0.29, 0.717) is 0 Å². The van der Waals surface area contributed by atoms with Gasteiger partial charge in [0, 0.05) is 5.92 Å². The Labute approximate surface area is 125 Å². The molecule has 3 rings (SSSR count). The second-order valence-electron chi connectivity index (χ2n) is 4.97. The van der Waals surface area contributed by atoms with Crippen LogP contribution in [0.3, 0.4) is 0 Å². The molecule has 0 aliphatic carbocycles. The van der Waals surface area contributed by atoms with Crippen molar-refractivity contribution in [3.63, 3.8) is 0 Å². The molecule has 103 valence electrons. The second kappa shape index (κ2) is 6.27. The number of hydrogen-bond acceptors (Lipinski definition) is 1. The summed E-state index contributed by atoms with van der Waals surface area (Å²) in [5.41, 5.74) is 3.81. The van der Waals surface area contributed by atoms with Crippen molar-refractivity contribution in [3.05, 3.63) is 109 Å². The van der Waals surface area contributed by atoms with Crippen LogP contribution in [0.25, 0.3) is 0 Å². The van der Waals surface area contributed by atoms with Crippen LogP contribution in [0.15, 0.2) is 84.9 Å². The summed E-state index contributed by atoms with van der Waals surface area (Å²) >= 11 is 0. The van der Waals surface area contributed by atoms with Gasteiger partial charge in [-0.3, -0.25) is 0 Å². The van der Waals surface area contributed by atoms with Crippen molar-refractivity contribution in [2.45, 2.75) is 5.92 Å². The van der Waals surface area contributed by atoms with E-state index in [2.05, 4.69) is 67.8 Å². The van der Waals surface area contributed by atoms with Crippen LogP contribution in [0, 0.1) is 7.11 Å². The topological polar surface area (TPSA) is 9.23 Å². The molecule has 0 heterocycles. The SMILES string of the molecule is [CH2]Oc1ccc(C(c2ccccc2)c2ccccc2)cc1. The van der Waals surface area contributed by atoms with E-state index in [1.54, 1.807) is 0 Å². The van der Waals surface area contributed by atoms with Crippen molar-refractivity contribution in [3.8, 4) is 5.75 Å². The van der Waals surface area contributed by atoms with Gasteiger partial charge in [-0.1, -0.05) is 72.8 Å². The number of benzene rings is 3. The molecule has 0 amide bonds. The van der Waals surface area contributed by atoms with Crippen LogP contribution in [0.5, 0.6) is 5.75 Å². The van der Waals surface area contributed by atoms with Gasteiger partial charge in [0.25, 0.3) is 0 Å². The third-order valence-corrected chi connectivity index (χ3v) is 3.65. The lowest BCUT2D eigenvalue weighted by Gasteiger charge is -2.19. The molecule has 0 N–H and O–H groups in total. The molecule has 0 spiro atoms. The fourth-order valence-electron chi connectivity index (χ4n) is 2.62. The molecule has 0 saturated carbocycles. The fourth-order valence-corrected chi connectivity index (χ4v) is 2.62. The molecule has 1 radical (unpaired) electrons. The summed E-state index contributed by atoms with van der Waals surface area (Å²) in [5, 5.41) is 0. The van der Waals surface area contributed by atoms with Gasteiger partial charge in [0.15, 0.2) is 0 Å². The molecular weight excluding hydrogens is 256 g/mol. The molecule has 0 aromatic heterocycles.